The van der Waals surface area contributed by atoms with Gasteiger partial charge in [0, 0.05) is 18.8 Å². The molecule has 1 fully saturated rings. The quantitative estimate of drug-likeness (QED) is 0.853. The number of anilines is 1. The van der Waals surface area contributed by atoms with Gasteiger partial charge in [-0.05, 0) is 42.5 Å². The Morgan fingerprint density at radius 2 is 2.12 bits per heavy atom. The maximum atomic E-state index is 10.9. The average Bonchev–Trinajstić information content (AvgIpc) is 2.58. The second kappa shape index (κ2) is 4.06. The molecule has 0 radical (unpaired) electrons. The van der Waals surface area contributed by atoms with Crippen molar-refractivity contribution in [3.63, 3.8) is 0 Å². The molecule has 1 aromatic rings. The van der Waals surface area contributed by atoms with Gasteiger partial charge in [-0.2, -0.15) is 0 Å². The predicted octanol–water partition coefficient (Wildman–Crippen LogP) is 2.93. The van der Waals surface area contributed by atoms with Crippen molar-refractivity contribution in [3.8, 4) is 0 Å². The summed E-state index contributed by atoms with van der Waals surface area (Å²) in [6, 6.07) is 5.60. The van der Waals surface area contributed by atoms with Crippen molar-refractivity contribution in [3.05, 3.63) is 29.3 Å². The fourth-order valence-corrected chi connectivity index (χ4v) is 2.42. The zero-order chi connectivity index (χ0) is 12.6. The zero-order valence-corrected chi connectivity index (χ0v) is 10.7. The van der Waals surface area contributed by atoms with Gasteiger partial charge < -0.3 is 10.0 Å². The second-order valence-electron chi connectivity index (χ2n) is 5.64. The maximum absolute atomic E-state index is 10.9. The van der Waals surface area contributed by atoms with Crippen LogP contribution in [0.3, 0.4) is 0 Å². The van der Waals surface area contributed by atoms with E-state index in [1.165, 1.54) is 6.42 Å². The molecule has 0 aliphatic carbocycles. The van der Waals surface area contributed by atoms with Crippen molar-refractivity contribution >= 4 is 11.7 Å². The van der Waals surface area contributed by atoms with E-state index in [-0.39, 0.29) is 0 Å². The number of hydrogen-bond acceptors (Lipinski definition) is 2. The van der Waals surface area contributed by atoms with Gasteiger partial charge in [0.1, 0.15) is 0 Å². The van der Waals surface area contributed by atoms with Crippen LogP contribution in [0.5, 0.6) is 0 Å². The number of aryl methyl sites for hydroxylation is 1. The van der Waals surface area contributed by atoms with E-state index in [1.54, 1.807) is 6.07 Å². The van der Waals surface area contributed by atoms with E-state index in [9.17, 15) is 4.79 Å². The minimum absolute atomic E-state index is 0.360. The Labute approximate surface area is 102 Å². The van der Waals surface area contributed by atoms with E-state index in [0.29, 0.717) is 11.0 Å². The summed E-state index contributed by atoms with van der Waals surface area (Å²) < 4.78 is 0. The van der Waals surface area contributed by atoms with Crippen LogP contribution in [0.2, 0.25) is 0 Å². The molecule has 0 spiro atoms. The number of benzene rings is 1. The summed E-state index contributed by atoms with van der Waals surface area (Å²) in [5.74, 6) is -0.851. The summed E-state index contributed by atoms with van der Waals surface area (Å²) in [5, 5.41) is 8.99. The number of aromatic carboxylic acids is 1. The predicted molar refractivity (Wildman–Crippen MR) is 68.7 cm³/mol. The van der Waals surface area contributed by atoms with Crippen LogP contribution in [-0.4, -0.2) is 24.2 Å². The largest absolute Gasteiger partial charge is 0.478 e. The van der Waals surface area contributed by atoms with Gasteiger partial charge in [0.05, 0.1) is 5.56 Å². The van der Waals surface area contributed by atoms with Crippen LogP contribution in [0, 0.1) is 12.3 Å². The first-order valence-corrected chi connectivity index (χ1v) is 5.98. The molecule has 3 heteroatoms. The van der Waals surface area contributed by atoms with Crippen molar-refractivity contribution in [1.29, 1.82) is 0 Å². The number of carboxylic acids is 1. The molecule has 0 aromatic heterocycles. The van der Waals surface area contributed by atoms with E-state index in [0.717, 1.165) is 24.3 Å². The van der Waals surface area contributed by atoms with Crippen molar-refractivity contribution in [2.75, 3.05) is 18.0 Å². The van der Waals surface area contributed by atoms with Crippen LogP contribution >= 0.6 is 0 Å². The van der Waals surface area contributed by atoms with Crippen molar-refractivity contribution in [1.82, 2.24) is 0 Å². The molecular weight excluding hydrogens is 214 g/mol. The van der Waals surface area contributed by atoms with Crippen LogP contribution in [0.15, 0.2) is 18.2 Å². The summed E-state index contributed by atoms with van der Waals surface area (Å²) in [6.45, 7) is 8.49. The normalized spacial score (nSPS) is 18.4. The summed E-state index contributed by atoms with van der Waals surface area (Å²) in [6.07, 6.45) is 1.19. The third-order valence-corrected chi connectivity index (χ3v) is 3.48. The van der Waals surface area contributed by atoms with Gasteiger partial charge in [-0.1, -0.05) is 13.8 Å². The van der Waals surface area contributed by atoms with Crippen LogP contribution in [0.1, 0.15) is 36.2 Å². The van der Waals surface area contributed by atoms with Gasteiger partial charge in [-0.3, -0.25) is 0 Å². The summed E-state index contributed by atoms with van der Waals surface area (Å²) in [5.41, 5.74) is 2.73. The smallest absolute Gasteiger partial charge is 0.335 e. The van der Waals surface area contributed by atoms with Crippen molar-refractivity contribution < 1.29 is 9.90 Å². The number of carbonyl (C=O) groups is 1. The lowest BCUT2D eigenvalue weighted by Gasteiger charge is -2.22. The highest BCUT2D eigenvalue weighted by Crippen LogP contribution is 2.33. The molecule has 0 saturated carbocycles. The minimum Gasteiger partial charge on any atom is -0.478 e. The van der Waals surface area contributed by atoms with Crippen LogP contribution in [-0.2, 0) is 0 Å². The maximum Gasteiger partial charge on any atom is 0.335 e. The zero-order valence-electron chi connectivity index (χ0n) is 10.7. The Bertz CT molecular complexity index is 452. The molecule has 0 unspecified atom stereocenters. The van der Waals surface area contributed by atoms with Crippen molar-refractivity contribution in [2.24, 2.45) is 5.41 Å². The van der Waals surface area contributed by atoms with Crippen LogP contribution in [0.4, 0.5) is 5.69 Å². The van der Waals surface area contributed by atoms with Gasteiger partial charge in [-0.25, -0.2) is 4.79 Å². The van der Waals surface area contributed by atoms with Gasteiger partial charge >= 0.3 is 5.97 Å². The highest BCUT2D eigenvalue weighted by atomic mass is 16.4. The molecule has 92 valence electrons. The fourth-order valence-electron chi connectivity index (χ4n) is 2.42. The molecule has 1 aromatic carbocycles. The molecule has 1 aliphatic rings. The SMILES string of the molecule is Cc1cc(N2CCC(C)(C)C2)ccc1C(=O)O. The third kappa shape index (κ3) is 2.43. The third-order valence-electron chi connectivity index (χ3n) is 3.48. The Hall–Kier alpha value is -1.51. The first kappa shape index (κ1) is 12.0. The van der Waals surface area contributed by atoms with Gasteiger partial charge in [0.15, 0.2) is 0 Å². The lowest BCUT2D eigenvalue weighted by atomic mass is 9.93. The molecule has 1 N–H and O–H groups in total. The lowest BCUT2D eigenvalue weighted by Crippen LogP contribution is -2.22. The van der Waals surface area contributed by atoms with Crippen LogP contribution < -0.4 is 4.90 Å². The molecule has 1 saturated heterocycles. The van der Waals surface area contributed by atoms with E-state index in [1.807, 2.05) is 19.1 Å². The Morgan fingerprint density at radius 3 is 2.59 bits per heavy atom. The molecule has 0 amide bonds. The molecule has 0 bridgehead atoms. The summed E-state index contributed by atoms with van der Waals surface area (Å²) in [4.78, 5) is 13.3. The Balaban J connectivity index is 2.24. The van der Waals surface area contributed by atoms with E-state index < -0.39 is 5.97 Å². The van der Waals surface area contributed by atoms with E-state index >= 15 is 0 Å². The Morgan fingerprint density at radius 1 is 1.41 bits per heavy atom. The lowest BCUT2D eigenvalue weighted by molar-refractivity contribution is 0.0696. The number of rotatable bonds is 2. The van der Waals surface area contributed by atoms with Crippen molar-refractivity contribution in [2.45, 2.75) is 27.2 Å². The number of hydrogen-bond donors (Lipinski definition) is 1. The molecule has 0 atom stereocenters. The Kier molecular flexibility index (Phi) is 2.86. The standard InChI is InChI=1S/C14H19NO2/c1-10-8-11(4-5-12(10)13(16)17)15-7-6-14(2,3)9-15/h4-5,8H,6-7,9H2,1-3H3,(H,16,17). The monoisotopic (exact) mass is 233 g/mol. The van der Waals surface area contributed by atoms with Crippen LogP contribution in [0.25, 0.3) is 0 Å². The van der Waals surface area contributed by atoms with E-state index in [2.05, 4.69) is 18.7 Å². The molecule has 17 heavy (non-hydrogen) atoms. The van der Waals surface area contributed by atoms with Gasteiger partial charge in [0.25, 0.3) is 0 Å². The molecule has 3 nitrogen and oxygen atoms in total. The minimum atomic E-state index is -0.851. The average molecular weight is 233 g/mol. The molecule has 2 rings (SSSR count). The van der Waals surface area contributed by atoms with E-state index in [4.69, 9.17) is 5.11 Å². The number of carboxylic acid groups (broad SMARTS) is 1. The molecule has 1 aliphatic heterocycles. The van der Waals surface area contributed by atoms with Gasteiger partial charge in [-0.15, -0.1) is 0 Å². The fraction of sp³-hybridized carbons (Fsp3) is 0.500. The number of nitrogens with zero attached hydrogens (tertiary/aromatic N) is 1. The highest BCUT2D eigenvalue weighted by molar-refractivity contribution is 5.89. The first-order chi connectivity index (χ1) is 7.89. The molecular formula is C14H19NO2. The highest BCUT2D eigenvalue weighted by Gasteiger charge is 2.29. The summed E-state index contributed by atoms with van der Waals surface area (Å²) in [7, 11) is 0. The topological polar surface area (TPSA) is 40.5 Å². The first-order valence-electron chi connectivity index (χ1n) is 5.98. The second-order valence-corrected chi connectivity index (χ2v) is 5.64. The molecule has 1 heterocycles. The summed E-state index contributed by atoms with van der Waals surface area (Å²) >= 11 is 0. The van der Waals surface area contributed by atoms with Gasteiger partial charge in [0.2, 0.25) is 0 Å².